The Morgan fingerprint density at radius 1 is 1.37 bits per heavy atom. The lowest BCUT2D eigenvalue weighted by Gasteiger charge is -2.37. The van der Waals surface area contributed by atoms with E-state index in [2.05, 4.69) is 36.9 Å². The van der Waals surface area contributed by atoms with Gasteiger partial charge in [-0.3, -0.25) is 4.90 Å². The van der Waals surface area contributed by atoms with Gasteiger partial charge in [-0.25, -0.2) is 0 Å². The van der Waals surface area contributed by atoms with Crippen molar-refractivity contribution in [1.29, 1.82) is 0 Å². The van der Waals surface area contributed by atoms with Crippen molar-refractivity contribution in [3.05, 3.63) is 35.4 Å². The number of rotatable bonds is 4. The summed E-state index contributed by atoms with van der Waals surface area (Å²) in [6, 6.07) is 8.75. The smallest absolute Gasteiger partial charge is 0.0919 e. The summed E-state index contributed by atoms with van der Waals surface area (Å²) >= 11 is 0. The average molecular weight is 262 g/mol. The lowest BCUT2D eigenvalue weighted by atomic mass is 10.0. The van der Waals surface area contributed by atoms with Crippen LogP contribution in [-0.2, 0) is 0 Å². The number of likely N-dealkylation sites (N-methyl/N-ethyl adjacent to an activating group) is 1. The molecule has 1 saturated heterocycles. The van der Waals surface area contributed by atoms with Gasteiger partial charge in [0, 0.05) is 19.1 Å². The summed E-state index contributed by atoms with van der Waals surface area (Å²) in [5, 5.41) is 10.4. The molecule has 2 unspecified atom stereocenters. The number of aliphatic hydroxyl groups is 1. The maximum Gasteiger partial charge on any atom is 0.0919 e. The summed E-state index contributed by atoms with van der Waals surface area (Å²) in [7, 11) is 4.29. The van der Waals surface area contributed by atoms with Crippen LogP contribution in [0.4, 0.5) is 0 Å². The number of nitrogens with zero attached hydrogens (tertiary/aromatic N) is 2. The molecular formula is C16H26N2O. The molecule has 1 aromatic carbocycles. The third kappa shape index (κ3) is 3.78. The van der Waals surface area contributed by atoms with Crippen LogP contribution < -0.4 is 0 Å². The fourth-order valence-corrected chi connectivity index (χ4v) is 2.92. The van der Waals surface area contributed by atoms with Crippen molar-refractivity contribution in [2.75, 3.05) is 33.7 Å². The van der Waals surface area contributed by atoms with Crippen molar-refractivity contribution in [2.45, 2.75) is 31.9 Å². The summed E-state index contributed by atoms with van der Waals surface area (Å²) in [5.74, 6) is 0. The van der Waals surface area contributed by atoms with Gasteiger partial charge >= 0.3 is 0 Å². The highest BCUT2D eigenvalue weighted by Gasteiger charge is 2.23. The van der Waals surface area contributed by atoms with E-state index in [0.29, 0.717) is 6.04 Å². The fourth-order valence-electron chi connectivity index (χ4n) is 2.92. The van der Waals surface area contributed by atoms with E-state index in [0.717, 1.165) is 25.2 Å². The molecule has 0 saturated carbocycles. The van der Waals surface area contributed by atoms with Crippen molar-refractivity contribution in [3.63, 3.8) is 0 Å². The number of hydrogen-bond donors (Lipinski definition) is 1. The van der Waals surface area contributed by atoms with Crippen LogP contribution in [0.25, 0.3) is 0 Å². The molecule has 1 aromatic rings. The SMILES string of the molecule is Cc1ccccc1C(O)CN1CCCC(N(C)C)C1. The van der Waals surface area contributed by atoms with E-state index < -0.39 is 0 Å². The molecule has 1 N–H and O–H groups in total. The summed E-state index contributed by atoms with van der Waals surface area (Å²) in [6.07, 6.45) is 2.12. The summed E-state index contributed by atoms with van der Waals surface area (Å²) < 4.78 is 0. The van der Waals surface area contributed by atoms with Crippen LogP contribution in [-0.4, -0.2) is 54.7 Å². The van der Waals surface area contributed by atoms with Crippen molar-refractivity contribution in [3.8, 4) is 0 Å². The normalized spacial score (nSPS) is 22.7. The molecule has 0 aliphatic carbocycles. The molecule has 3 heteroatoms. The van der Waals surface area contributed by atoms with Crippen molar-refractivity contribution < 1.29 is 5.11 Å². The highest BCUT2D eigenvalue weighted by Crippen LogP contribution is 2.21. The molecule has 1 aliphatic heterocycles. The second kappa shape index (κ2) is 6.51. The fraction of sp³-hybridized carbons (Fsp3) is 0.625. The zero-order valence-electron chi connectivity index (χ0n) is 12.3. The molecule has 1 aliphatic rings. The predicted molar refractivity (Wildman–Crippen MR) is 79.3 cm³/mol. The van der Waals surface area contributed by atoms with E-state index in [1.807, 2.05) is 18.2 Å². The van der Waals surface area contributed by atoms with Crippen LogP contribution >= 0.6 is 0 Å². The monoisotopic (exact) mass is 262 g/mol. The van der Waals surface area contributed by atoms with Gasteiger partial charge in [-0.15, -0.1) is 0 Å². The first-order valence-corrected chi connectivity index (χ1v) is 7.20. The minimum atomic E-state index is -0.373. The van der Waals surface area contributed by atoms with Gasteiger partial charge in [0.2, 0.25) is 0 Å². The highest BCUT2D eigenvalue weighted by atomic mass is 16.3. The Balaban J connectivity index is 1.95. The van der Waals surface area contributed by atoms with E-state index in [4.69, 9.17) is 0 Å². The van der Waals surface area contributed by atoms with Crippen molar-refractivity contribution >= 4 is 0 Å². The first-order valence-electron chi connectivity index (χ1n) is 7.20. The Morgan fingerprint density at radius 2 is 2.11 bits per heavy atom. The molecule has 2 rings (SSSR count). The lowest BCUT2D eigenvalue weighted by molar-refractivity contribution is 0.0719. The minimum absolute atomic E-state index is 0.373. The zero-order chi connectivity index (χ0) is 13.8. The number of aryl methyl sites for hydroxylation is 1. The number of β-amino-alcohol motifs (C(OH)–C–C–N with tert-alkyl or cyclic N) is 1. The van der Waals surface area contributed by atoms with Crippen molar-refractivity contribution in [1.82, 2.24) is 9.80 Å². The second-order valence-electron chi connectivity index (χ2n) is 5.89. The Bertz CT molecular complexity index is 405. The van der Waals surface area contributed by atoms with Gasteiger partial charge in [0.15, 0.2) is 0 Å². The van der Waals surface area contributed by atoms with Crippen LogP contribution in [0.15, 0.2) is 24.3 Å². The number of piperidine rings is 1. The molecule has 2 atom stereocenters. The Morgan fingerprint density at radius 3 is 2.79 bits per heavy atom. The van der Waals surface area contributed by atoms with Gasteiger partial charge in [0.1, 0.15) is 0 Å². The van der Waals surface area contributed by atoms with Crippen molar-refractivity contribution in [2.24, 2.45) is 0 Å². The number of aliphatic hydroxyl groups excluding tert-OH is 1. The largest absolute Gasteiger partial charge is 0.387 e. The molecule has 0 aromatic heterocycles. The number of hydrogen-bond acceptors (Lipinski definition) is 3. The molecule has 0 amide bonds. The van der Waals surface area contributed by atoms with Crippen LogP contribution in [0.1, 0.15) is 30.1 Å². The molecule has 1 fully saturated rings. The Hall–Kier alpha value is -0.900. The maximum absolute atomic E-state index is 10.4. The minimum Gasteiger partial charge on any atom is -0.387 e. The van der Waals surface area contributed by atoms with Gasteiger partial charge in [-0.05, 0) is 51.5 Å². The molecule has 106 valence electrons. The molecule has 3 nitrogen and oxygen atoms in total. The molecule has 0 bridgehead atoms. The lowest BCUT2D eigenvalue weighted by Crippen LogP contribution is -2.46. The quantitative estimate of drug-likeness (QED) is 0.899. The Labute approximate surface area is 116 Å². The standard InChI is InChI=1S/C16H26N2O/c1-13-7-4-5-9-15(13)16(19)12-18-10-6-8-14(11-18)17(2)3/h4-5,7,9,14,16,19H,6,8,10-12H2,1-3H3. The van der Waals surface area contributed by atoms with E-state index in [1.165, 1.54) is 18.4 Å². The average Bonchev–Trinajstić information content (AvgIpc) is 2.39. The summed E-state index contributed by atoms with van der Waals surface area (Å²) in [4.78, 5) is 4.69. The van der Waals surface area contributed by atoms with E-state index in [9.17, 15) is 5.11 Å². The highest BCUT2D eigenvalue weighted by molar-refractivity contribution is 5.27. The van der Waals surface area contributed by atoms with Crippen LogP contribution in [0.5, 0.6) is 0 Å². The third-order valence-electron chi connectivity index (χ3n) is 4.19. The molecular weight excluding hydrogens is 236 g/mol. The second-order valence-corrected chi connectivity index (χ2v) is 5.89. The van der Waals surface area contributed by atoms with Crippen LogP contribution in [0, 0.1) is 6.92 Å². The zero-order valence-corrected chi connectivity index (χ0v) is 12.3. The van der Waals surface area contributed by atoms with Gasteiger partial charge in [0.25, 0.3) is 0 Å². The number of benzene rings is 1. The maximum atomic E-state index is 10.4. The van der Waals surface area contributed by atoms with Crippen LogP contribution in [0.2, 0.25) is 0 Å². The first kappa shape index (κ1) is 14.5. The predicted octanol–water partition coefficient (Wildman–Crippen LogP) is 2.05. The van der Waals surface area contributed by atoms with Gasteiger partial charge in [0.05, 0.1) is 6.10 Å². The molecule has 0 spiro atoms. The van der Waals surface area contributed by atoms with E-state index in [1.54, 1.807) is 0 Å². The van der Waals surface area contributed by atoms with E-state index >= 15 is 0 Å². The van der Waals surface area contributed by atoms with Gasteiger partial charge < -0.3 is 10.0 Å². The Kier molecular flexibility index (Phi) is 4.97. The van der Waals surface area contributed by atoms with Crippen LogP contribution in [0.3, 0.4) is 0 Å². The summed E-state index contributed by atoms with van der Waals surface area (Å²) in [6.45, 7) is 4.98. The number of likely N-dealkylation sites (tertiary alicyclic amines) is 1. The van der Waals surface area contributed by atoms with Gasteiger partial charge in [-0.1, -0.05) is 24.3 Å². The molecule has 19 heavy (non-hydrogen) atoms. The first-order chi connectivity index (χ1) is 9.08. The molecule has 0 radical (unpaired) electrons. The van der Waals surface area contributed by atoms with Gasteiger partial charge in [-0.2, -0.15) is 0 Å². The summed E-state index contributed by atoms with van der Waals surface area (Å²) in [5.41, 5.74) is 2.24. The topological polar surface area (TPSA) is 26.7 Å². The molecule has 1 heterocycles. The van der Waals surface area contributed by atoms with E-state index in [-0.39, 0.29) is 6.10 Å². The third-order valence-corrected chi connectivity index (χ3v) is 4.19.